The van der Waals surface area contributed by atoms with Crippen LogP contribution in [0.15, 0.2) is 36.1 Å². The summed E-state index contributed by atoms with van der Waals surface area (Å²) < 4.78 is 10.1. The minimum Gasteiger partial charge on any atom is -0.511 e. The van der Waals surface area contributed by atoms with E-state index in [1.165, 1.54) is 0 Å². The largest absolute Gasteiger partial charge is 0.511 e. The van der Waals surface area contributed by atoms with Gasteiger partial charge in [-0.15, -0.1) is 0 Å². The highest BCUT2D eigenvalue weighted by atomic mass is 16.5. The molecule has 1 N–H and O–H groups in total. The van der Waals surface area contributed by atoms with Gasteiger partial charge in [-0.3, -0.25) is 9.59 Å². The molecule has 0 aromatic heterocycles. The summed E-state index contributed by atoms with van der Waals surface area (Å²) in [5.41, 5.74) is 0.793. The molecule has 1 aliphatic rings. The van der Waals surface area contributed by atoms with Gasteiger partial charge in [0.1, 0.15) is 17.4 Å². The molecule has 2 rings (SSSR count). The first-order chi connectivity index (χ1) is 10.1. The first kappa shape index (κ1) is 15.1. The van der Waals surface area contributed by atoms with E-state index in [0.29, 0.717) is 5.75 Å². The van der Waals surface area contributed by atoms with Gasteiger partial charge in [-0.2, -0.15) is 0 Å². The van der Waals surface area contributed by atoms with Gasteiger partial charge in [0.2, 0.25) is 0 Å². The maximum Gasteiger partial charge on any atom is 0.317 e. The van der Waals surface area contributed by atoms with E-state index in [4.69, 9.17) is 9.47 Å². The Morgan fingerprint density at radius 3 is 2.57 bits per heavy atom. The molecule has 5 nitrogen and oxygen atoms in total. The van der Waals surface area contributed by atoms with Crippen LogP contribution in [0, 0.1) is 5.92 Å². The van der Waals surface area contributed by atoms with Crippen molar-refractivity contribution in [2.45, 2.75) is 19.3 Å². The standard InChI is InChI=1S/C16H18O5/c1-3-21-16(19)15-13(8-11(17)9-14(15)18)10-4-6-12(20-2)7-5-10/h4-7,9,13,15,18H,3,8H2,1-2H3/t13-,15-/m0/s1. The highest BCUT2D eigenvalue weighted by Crippen LogP contribution is 2.37. The van der Waals surface area contributed by atoms with Crippen LogP contribution in [-0.2, 0) is 14.3 Å². The number of carbonyl (C=O) groups is 2. The molecule has 21 heavy (non-hydrogen) atoms. The van der Waals surface area contributed by atoms with Crippen LogP contribution < -0.4 is 4.74 Å². The lowest BCUT2D eigenvalue weighted by Crippen LogP contribution is -2.31. The molecular weight excluding hydrogens is 272 g/mol. The number of esters is 1. The Bertz CT molecular complexity index is 559. The zero-order valence-corrected chi connectivity index (χ0v) is 12.0. The van der Waals surface area contributed by atoms with Crippen molar-refractivity contribution >= 4 is 11.8 Å². The summed E-state index contributed by atoms with van der Waals surface area (Å²) in [6, 6.07) is 7.11. The quantitative estimate of drug-likeness (QED) is 0.862. The van der Waals surface area contributed by atoms with E-state index in [0.717, 1.165) is 11.6 Å². The number of carbonyl (C=O) groups excluding carboxylic acids is 2. The van der Waals surface area contributed by atoms with Gasteiger partial charge in [0.15, 0.2) is 5.78 Å². The van der Waals surface area contributed by atoms with Gasteiger partial charge in [0, 0.05) is 18.4 Å². The van der Waals surface area contributed by atoms with Crippen molar-refractivity contribution < 1.29 is 24.2 Å². The SMILES string of the molecule is CCOC(=O)[C@@H]1C(O)=CC(=O)C[C@H]1c1ccc(OC)cc1. The zero-order valence-electron chi connectivity index (χ0n) is 12.0. The average Bonchev–Trinajstić information content (AvgIpc) is 2.46. The summed E-state index contributed by atoms with van der Waals surface area (Å²) in [4.78, 5) is 23.8. The van der Waals surface area contributed by atoms with Crippen LogP contribution in [0.25, 0.3) is 0 Å². The second-order valence-electron chi connectivity index (χ2n) is 4.85. The van der Waals surface area contributed by atoms with Crippen LogP contribution >= 0.6 is 0 Å². The molecule has 5 heteroatoms. The number of hydrogen-bond acceptors (Lipinski definition) is 5. The summed E-state index contributed by atoms with van der Waals surface area (Å²) >= 11 is 0. The third kappa shape index (κ3) is 3.24. The number of allylic oxidation sites excluding steroid dienone is 1. The maximum atomic E-state index is 12.1. The lowest BCUT2D eigenvalue weighted by molar-refractivity contribution is -0.148. The Morgan fingerprint density at radius 2 is 2.00 bits per heavy atom. The molecule has 0 saturated heterocycles. The van der Waals surface area contributed by atoms with Crippen LogP contribution in [0.1, 0.15) is 24.8 Å². The van der Waals surface area contributed by atoms with Crippen LogP contribution in [0.5, 0.6) is 5.75 Å². The van der Waals surface area contributed by atoms with E-state index in [-0.39, 0.29) is 24.6 Å². The predicted octanol–water partition coefficient (Wildman–Crippen LogP) is 2.37. The van der Waals surface area contributed by atoms with Gasteiger partial charge < -0.3 is 14.6 Å². The Kier molecular flexibility index (Phi) is 4.62. The smallest absolute Gasteiger partial charge is 0.317 e. The van der Waals surface area contributed by atoms with Gasteiger partial charge in [0.25, 0.3) is 0 Å². The number of aliphatic hydroxyl groups is 1. The van der Waals surface area contributed by atoms with Crippen LogP contribution in [-0.4, -0.2) is 30.6 Å². The molecule has 0 fully saturated rings. The first-order valence-electron chi connectivity index (χ1n) is 6.80. The van der Waals surface area contributed by atoms with E-state index >= 15 is 0 Å². The van der Waals surface area contributed by atoms with E-state index in [1.54, 1.807) is 38.3 Å². The molecule has 1 aliphatic carbocycles. The van der Waals surface area contributed by atoms with Crippen molar-refractivity contribution in [2.75, 3.05) is 13.7 Å². The Balaban J connectivity index is 2.34. The van der Waals surface area contributed by atoms with Crippen molar-refractivity contribution in [1.29, 1.82) is 0 Å². The maximum absolute atomic E-state index is 12.1. The van der Waals surface area contributed by atoms with Crippen molar-refractivity contribution in [3.05, 3.63) is 41.7 Å². The molecule has 0 bridgehead atoms. The van der Waals surface area contributed by atoms with Gasteiger partial charge >= 0.3 is 5.97 Å². The Morgan fingerprint density at radius 1 is 1.33 bits per heavy atom. The van der Waals surface area contributed by atoms with Crippen molar-refractivity contribution in [3.63, 3.8) is 0 Å². The van der Waals surface area contributed by atoms with Gasteiger partial charge in [0.05, 0.1) is 13.7 Å². The van der Waals surface area contributed by atoms with E-state index < -0.39 is 17.8 Å². The average molecular weight is 290 g/mol. The lowest BCUT2D eigenvalue weighted by atomic mass is 9.77. The second-order valence-corrected chi connectivity index (χ2v) is 4.85. The Hall–Kier alpha value is -2.30. The molecule has 0 heterocycles. The van der Waals surface area contributed by atoms with Gasteiger partial charge in [-0.25, -0.2) is 0 Å². The highest BCUT2D eigenvalue weighted by molar-refractivity contribution is 5.94. The van der Waals surface area contributed by atoms with Crippen molar-refractivity contribution in [1.82, 2.24) is 0 Å². The monoisotopic (exact) mass is 290 g/mol. The summed E-state index contributed by atoms with van der Waals surface area (Å²) in [6.07, 6.45) is 1.28. The fourth-order valence-electron chi connectivity index (χ4n) is 2.53. The molecule has 1 aromatic rings. The van der Waals surface area contributed by atoms with Gasteiger partial charge in [-0.1, -0.05) is 12.1 Å². The van der Waals surface area contributed by atoms with Gasteiger partial charge in [-0.05, 0) is 24.6 Å². The summed E-state index contributed by atoms with van der Waals surface area (Å²) in [5, 5.41) is 9.98. The third-order valence-electron chi connectivity index (χ3n) is 3.54. The molecule has 1 aromatic carbocycles. The first-order valence-corrected chi connectivity index (χ1v) is 6.80. The van der Waals surface area contributed by atoms with Crippen LogP contribution in [0.4, 0.5) is 0 Å². The number of methoxy groups -OCH3 is 1. The zero-order chi connectivity index (χ0) is 15.4. The summed E-state index contributed by atoms with van der Waals surface area (Å²) in [5.74, 6) is -1.52. The van der Waals surface area contributed by atoms with E-state index in [1.807, 2.05) is 0 Å². The normalized spacial score (nSPS) is 21.6. The third-order valence-corrected chi connectivity index (χ3v) is 3.54. The minimum absolute atomic E-state index is 0.167. The molecule has 0 unspecified atom stereocenters. The fraction of sp³-hybridized carbons (Fsp3) is 0.375. The highest BCUT2D eigenvalue weighted by Gasteiger charge is 2.38. The van der Waals surface area contributed by atoms with Crippen LogP contribution in [0.3, 0.4) is 0 Å². The predicted molar refractivity (Wildman–Crippen MR) is 76.2 cm³/mol. The number of aliphatic hydroxyl groups excluding tert-OH is 1. The summed E-state index contributed by atoms with van der Waals surface area (Å²) in [6.45, 7) is 1.93. The minimum atomic E-state index is -0.837. The second kappa shape index (κ2) is 6.43. The molecular formula is C16H18O5. The Labute approximate surface area is 123 Å². The van der Waals surface area contributed by atoms with E-state index in [9.17, 15) is 14.7 Å². The molecule has 0 radical (unpaired) electrons. The van der Waals surface area contributed by atoms with Crippen molar-refractivity contribution in [2.24, 2.45) is 5.92 Å². The number of hydrogen-bond donors (Lipinski definition) is 1. The fourth-order valence-corrected chi connectivity index (χ4v) is 2.53. The topological polar surface area (TPSA) is 72.8 Å². The molecule has 0 aliphatic heterocycles. The molecule has 2 atom stereocenters. The molecule has 0 spiro atoms. The number of ketones is 1. The summed E-state index contributed by atoms with van der Waals surface area (Å²) in [7, 11) is 1.56. The van der Waals surface area contributed by atoms with Crippen LogP contribution in [0.2, 0.25) is 0 Å². The number of benzene rings is 1. The molecule has 0 amide bonds. The molecule has 112 valence electrons. The molecule has 0 saturated carbocycles. The number of rotatable bonds is 4. The lowest BCUT2D eigenvalue weighted by Gasteiger charge is -2.28. The number of ether oxygens (including phenoxy) is 2. The van der Waals surface area contributed by atoms with Crippen molar-refractivity contribution in [3.8, 4) is 5.75 Å². The van der Waals surface area contributed by atoms with E-state index in [2.05, 4.69) is 0 Å².